The molecule has 0 saturated heterocycles. The van der Waals surface area contributed by atoms with E-state index in [1.165, 1.54) is 30.6 Å². The van der Waals surface area contributed by atoms with E-state index in [1.54, 1.807) is 19.3 Å². The number of para-hydroxylation sites is 2. The Morgan fingerprint density at radius 1 is 1.00 bits per heavy atom. The van der Waals surface area contributed by atoms with Crippen LogP contribution in [-0.4, -0.2) is 21.4 Å². The van der Waals surface area contributed by atoms with E-state index >= 15 is 0 Å². The van der Waals surface area contributed by atoms with Crippen molar-refractivity contribution in [3.05, 3.63) is 24.3 Å². The van der Waals surface area contributed by atoms with Gasteiger partial charge < -0.3 is 0 Å². The quantitative estimate of drug-likeness (QED) is 0.799. The molecule has 1 aromatic rings. The van der Waals surface area contributed by atoms with Crippen molar-refractivity contribution in [1.82, 2.24) is 0 Å². The average Bonchev–Trinajstić information content (AvgIpc) is 2.81. The molecule has 2 nitrogen and oxygen atoms in total. The number of rotatable bonds is 1. The zero-order valence-electron chi connectivity index (χ0n) is 11.2. The van der Waals surface area contributed by atoms with Crippen LogP contribution < -0.4 is 8.13 Å². The van der Waals surface area contributed by atoms with Gasteiger partial charge in [-0.25, -0.2) is 0 Å². The molecule has 5 aliphatic rings. The maximum absolute atomic E-state index is 3.73. The maximum atomic E-state index is 3.73. The molecular formula is C16H20GeN2. The predicted molar refractivity (Wildman–Crippen MR) is 79.2 cm³/mol. The first-order chi connectivity index (χ1) is 9.32. The van der Waals surface area contributed by atoms with Crippen LogP contribution >= 0.6 is 0 Å². The molecule has 19 heavy (non-hydrogen) atoms. The number of anilines is 2. The summed E-state index contributed by atoms with van der Waals surface area (Å²) in [6, 6.07) is 8.99. The summed E-state index contributed by atoms with van der Waals surface area (Å²) in [6.45, 7) is 0. The fourth-order valence-electron chi connectivity index (χ4n) is 5.66. The van der Waals surface area contributed by atoms with Gasteiger partial charge in [0.1, 0.15) is 0 Å². The minimum absolute atomic E-state index is 0.181. The topological polar surface area (TPSA) is 15.3 Å². The Morgan fingerprint density at radius 2 is 1.63 bits per heavy atom. The third kappa shape index (κ3) is 1.49. The molecule has 1 aromatic carbocycles. The Morgan fingerprint density at radius 3 is 2.32 bits per heavy atom. The van der Waals surface area contributed by atoms with Gasteiger partial charge >= 0.3 is 121 Å². The molecule has 6 rings (SSSR count). The molecule has 4 saturated carbocycles. The van der Waals surface area contributed by atoms with Crippen molar-refractivity contribution in [3.63, 3.8) is 0 Å². The van der Waals surface area contributed by atoms with E-state index in [0.717, 1.165) is 17.8 Å². The van der Waals surface area contributed by atoms with Gasteiger partial charge in [-0.3, -0.25) is 0 Å². The number of hydrogen-bond donors (Lipinski definition) is 1. The van der Waals surface area contributed by atoms with Crippen molar-refractivity contribution in [2.45, 2.75) is 44.1 Å². The Hall–Kier alpha value is -0.637. The molecule has 0 unspecified atom stereocenters. The third-order valence-corrected chi connectivity index (χ3v) is 8.70. The van der Waals surface area contributed by atoms with E-state index in [1.807, 2.05) is 0 Å². The van der Waals surface area contributed by atoms with Crippen LogP contribution in [0.5, 0.6) is 0 Å². The van der Waals surface area contributed by atoms with Crippen molar-refractivity contribution < 1.29 is 0 Å². The summed E-state index contributed by atoms with van der Waals surface area (Å²) in [7, 11) is 0. The molecule has 2 radical (unpaired) electrons. The number of benzene rings is 1. The second-order valence-electron chi connectivity index (χ2n) is 7.23. The fourth-order valence-corrected chi connectivity index (χ4v) is 8.33. The molecule has 0 atom stereocenters. The van der Waals surface area contributed by atoms with Crippen LogP contribution in [0, 0.1) is 17.8 Å². The van der Waals surface area contributed by atoms with Crippen LogP contribution in [-0.2, 0) is 0 Å². The summed E-state index contributed by atoms with van der Waals surface area (Å²) in [4.78, 5) is 0. The summed E-state index contributed by atoms with van der Waals surface area (Å²) in [6.07, 6.45) is 9.09. The molecule has 1 heterocycles. The van der Waals surface area contributed by atoms with Crippen LogP contribution in [0.2, 0.25) is 0 Å². The van der Waals surface area contributed by atoms with E-state index in [2.05, 4.69) is 32.4 Å². The first kappa shape index (κ1) is 11.1. The molecule has 1 N–H and O–H groups in total. The van der Waals surface area contributed by atoms with Crippen LogP contribution in [0.3, 0.4) is 0 Å². The van der Waals surface area contributed by atoms with Crippen LogP contribution in [0.4, 0.5) is 11.4 Å². The molecule has 1 aliphatic heterocycles. The summed E-state index contributed by atoms with van der Waals surface area (Å²) in [5.74, 6) is 3.14. The van der Waals surface area contributed by atoms with E-state index in [-0.39, 0.29) is 15.9 Å². The van der Waals surface area contributed by atoms with E-state index in [4.69, 9.17) is 0 Å². The van der Waals surface area contributed by atoms with E-state index in [0.29, 0.717) is 5.54 Å². The van der Waals surface area contributed by atoms with E-state index in [9.17, 15) is 0 Å². The van der Waals surface area contributed by atoms with Gasteiger partial charge in [0.25, 0.3) is 0 Å². The van der Waals surface area contributed by atoms with Gasteiger partial charge in [0.15, 0.2) is 0 Å². The third-order valence-electron chi connectivity index (χ3n) is 5.93. The second-order valence-corrected chi connectivity index (χ2v) is 9.16. The standard InChI is InChI=1S/C16H20GeN2/c1-2-4-15-14(3-1)18-17-19(15)16-8-11-5-12(9-16)7-13(6-11)10-16/h1-4,11-13,18H,5-10H2. The fraction of sp³-hybridized carbons (Fsp3) is 0.625. The van der Waals surface area contributed by atoms with Crippen LogP contribution in [0.25, 0.3) is 0 Å². The molecule has 4 fully saturated rings. The molecule has 0 amide bonds. The minimum atomic E-state index is -0.181. The molecule has 3 heteroatoms. The summed E-state index contributed by atoms with van der Waals surface area (Å²) >= 11 is -0.181. The Bertz CT molecular complexity index is 492. The first-order valence-corrected chi connectivity index (χ1v) is 9.72. The molecule has 0 spiro atoms. The van der Waals surface area contributed by atoms with Crippen molar-refractivity contribution in [2.24, 2.45) is 17.8 Å². The van der Waals surface area contributed by atoms with Gasteiger partial charge in [-0.1, -0.05) is 0 Å². The SMILES string of the molecule is c1ccc2c(c1)[NH][Ge][N]2C12CC3CC(CC(C3)C1)C2. The number of hydrogen-bond acceptors (Lipinski definition) is 2. The number of nitrogens with one attached hydrogen (secondary N) is 1. The second kappa shape index (κ2) is 3.72. The molecule has 4 bridgehead atoms. The Kier molecular flexibility index (Phi) is 2.17. The number of fused-ring (bicyclic) bond motifs is 1. The van der Waals surface area contributed by atoms with Gasteiger partial charge in [0.05, 0.1) is 0 Å². The predicted octanol–water partition coefficient (Wildman–Crippen LogP) is 3.42. The normalized spacial score (nSPS) is 42.3. The summed E-state index contributed by atoms with van der Waals surface area (Å²) in [5, 5.41) is 0. The van der Waals surface area contributed by atoms with Gasteiger partial charge in [-0.05, 0) is 0 Å². The van der Waals surface area contributed by atoms with Crippen molar-refractivity contribution in [3.8, 4) is 0 Å². The average molecular weight is 313 g/mol. The van der Waals surface area contributed by atoms with Gasteiger partial charge in [-0.15, -0.1) is 0 Å². The first-order valence-electron chi connectivity index (χ1n) is 7.73. The van der Waals surface area contributed by atoms with E-state index < -0.39 is 0 Å². The monoisotopic (exact) mass is 314 g/mol. The van der Waals surface area contributed by atoms with Crippen LogP contribution in [0.15, 0.2) is 24.3 Å². The summed E-state index contributed by atoms with van der Waals surface area (Å²) in [5.41, 5.74) is 3.47. The number of nitrogens with zero attached hydrogens (tertiary/aromatic N) is 1. The Labute approximate surface area is 121 Å². The Balaban J connectivity index is 1.57. The molecule has 0 aromatic heterocycles. The van der Waals surface area contributed by atoms with Gasteiger partial charge in [-0.2, -0.15) is 0 Å². The molecular weight excluding hydrogens is 293 g/mol. The van der Waals surface area contributed by atoms with Crippen molar-refractivity contribution >= 4 is 27.3 Å². The molecule has 4 aliphatic carbocycles. The van der Waals surface area contributed by atoms with Gasteiger partial charge in [0, 0.05) is 0 Å². The summed E-state index contributed by atoms with van der Waals surface area (Å²) < 4.78 is 6.58. The zero-order chi connectivity index (χ0) is 12.4. The van der Waals surface area contributed by atoms with Crippen molar-refractivity contribution in [1.29, 1.82) is 0 Å². The van der Waals surface area contributed by atoms with Gasteiger partial charge in [0.2, 0.25) is 0 Å². The molecule has 98 valence electrons. The van der Waals surface area contributed by atoms with Crippen molar-refractivity contribution in [2.75, 3.05) is 8.13 Å². The van der Waals surface area contributed by atoms with Crippen LogP contribution in [0.1, 0.15) is 38.5 Å². The zero-order valence-corrected chi connectivity index (χ0v) is 13.3.